The summed E-state index contributed by atoms with van der Waals surface area (Å²) in [4.78, 5) is 0. The molecule has 2 nitrogen and oxygen atoms in total. The first kappa shape index (κ1) is 13.1. The number of rotatable bonds is 1. The molecule has 0 aromatic carbocycles. The molecule has 0 bridgehead atoms. The highest BCUT2D eigenvalue weighted by atomic mass is 16.3. The average Bonchev–Trinajstić information content (AvgIpc) is 2.24. The summed E-state index contributed by atoms with van der Waals surface area (Å²) in [5, 5.41) is 20.9. The molecule has 1 saturated carbocycles. The third-order valence-electron chi connectivity index (χ3n) is 5.39. The van der Waals surface area contributed by atoms with Crippen LogP contribution in [0, 0.1) is 17.3 Å². The Balaban J connectivity index is 2.35. The Kier molecular flexibility index (Phi) is 3.16. The van der Waals surface area contributed by atoms with Gasteiger partial charge < -0.3 is 10.2 Å². The minimum Gasteiger partial charge on any atom is -0.393 e. The third-order valence-corrected chi connectivity index (χ3v) is 5.39. The van der Waals surface area contributed by atoms with Crippen molar-refractivity contribution in [1.82, 2.24) is 0 Å². The number of allylic oxidation sites excluding steroid dienone is 2. The number of hydrogen-bond donors (Lipinski definition) is 2. The van der Waals surface area contributed by atoms with Crippen LogP contribution in [0.3, 0.4) is 0 Å². The summed E-state index contributed by atoms with van der Waals surface area (Å²) in [7, 11) is 0. The molecule has 0 saturated heterocycles. The fourth-order valence-corrected chi connectivity index (χ4v) is 3.69. The van der Waals surface area contributed by atoms with Crippen LogP contribution in [0.1, 0.15) is 53.4 Å². The molecule has 2 heteroatoms. The molecule has 0 aromatic heterocycles. The Bertz CT molecular complexity index is 330. The molecule has 0 aliphatic heterocycles. The Hall–Kier alpha value is -0.340. The molecular weight excluding hydrogens is 212 g/mol. The fourth-order valence-electron chi connectivity index (χ4n) is 3.69. The van der Waals surface area contributed by atoms with E-state index in [9.17, 15) is 10.2 Å². The van der Waals surface area contributed by atoms with Gasteiger partial charge in [0.25, 0.3) is 0 Å². The van der Waals surface area contributed by atoms with Crippen LogP contribution in [0.4, 0.5) is 0 Å². The van der Waals surface area contributed by atoms with Crippen molar-refractivity contribution in [3.63, 3.8) is 0 Å². The molecule has 2 N–H and O–H groups in total. The molecule has 0 radical (unpaired) electrons. The molecular formula is C15H26O2. The van der Waals surface area contributed by atoms with Gasteiger partial charge in [-0.2, -0.15) is 0 Å². The van der Waals surface area contributed by atoms with E-state index in [0.29, 0.717) is 12.3 Å². The molecule has 17 heavy (non-hydrogen) atoms. The van der Waals surface area contributed by atoms with Gasteiger partial charge in [-0.25, -0.2) is 0 Å². The van der Waals surface area contributed by atoms with E-state index >= 15 is 0 Å². The standard InChI is InChI=1S/C15H26O2/c1-10(2)11-5-6-12-13(16)7-8-15(4,17)14(12,3)9-11/h5,10,12-13,16-17H,6-9H2,1-4H3/t12-,13+,14+,15-/m0/s1. The Morgan fingerprint density at radius 1 is 1.35 bits per heavy atom. The topological polar surface area (TPSA) is 40.5 Å². The van der Waals surface area contributed by atoms with Crippen LogP contribution in [0.25, 0.3) is 0 Å². The van der Waals surface area contributed by atoms with Gasteiger partial charge in [-0.05, 0) is 44.4 Å². The largest absolute Gasteiger partial charge is 0.393 e. The van der Waals surface area contributed by atoms with Crippen LogP contribution in [-0.4, -0.2) is 21.9 Å². The van der Waals surface area contributed by atoms with Crippen molar-refractivity contribution in [2.45, 2.75) is 65.1 Å². The van der Waals surface area contributed by atoms with Gasteiger partial charge in [0.15, 0.2) is 0 Å². The van der Waals surface area contributed by atoms with E-state index in [0.717, 1.165) is 19.3 Å². The zero-order chi connectivity index (χ0) is 12.8. The lowest BCUT2D eigenvalue weighted by Crippen LogP contribution is -2.57. The normalized spacial score (nSPS) is 46.6. The number of aliphatic hydroxyl groups is 2. The summed E-state index contributed by atoms with van der Waals surface area (Å²) in [5.41, 5.74) is 0.628. The molecule has 2 aliphatic carbocycles. The third kappa shape index (κ3) is 1.96. The maximum atomic E-state index is 10.7. The smallest absolute Gasteiger partial charge is 0.0680 e. The Morgan fingerprint density at radius 2 is 2.00 bits per heavy atom. The van der Waals surface area contributed by atoms with Crippen LogP contribution < -0.4 is 0 Å². The lowest BCUT2D eigenvalue weighted by Gasteiger charge is -2.56. The second-order valence-corrected chi connectivity index (χ2v) is 6.75. The highest BCUT2D eigenvalue weighted by molar-refractivity contribution is 5.20. The zero-order valence-electron chi connectivity index (χ0n) is 11.5. The quantitative estimate of drug-likeness (QED) is 0.690. The van der Waals surface area contributed by atoms with Crippen LogP contribution in [-0.2, 0) is 0 Å². The van der Waals surface area contributed by atoms with Crippen LogP contribution in [0.2, 0.25) is 0 Å². The van der Waals surface area contributed by atoms with Gasteiger partial charge >= 0.3 is 0 Å². The molecule has 0 amide bonds. The lowest BCUT2D eigenvalue weighted by atomic mass is 9.52. The van der Waals surface area contributed by atoms with Gasteiger partial charge in [0.05, 0.1) is 11.7 Å². The van der Waals surface area contributed by atoms with Crippen molar-refractivity contribution in [2.75, 3.05) is 0 Å². The predicted octanol–water partition coefficient (Wildman–Crippen LogP) is 2.89. The van der Waals surface area contributed by atoms with E-state index in [1.807, 2.05) is 6.92 Å². The van der Waals surface area contributed by atoms with E-state index in [2.05, 4.69) is 26.8 Å². The molecule has 2 aliphatic rings. The van der Waals surface area contributed by atoms with Crippen molar-refractivity contribution in [3.05, 3.63) is 11.6 Å². The highest BCUT2D eigenvalue weighted by Crippen LogP contribution is 2.55. The van der Waals surface area contributed by atoms with Crippen molar-refractivity contribution in [2.24, 2.45) is 17.3 Å². The fraction of sp³-hybridized carbons (Fsp3) is 0.867. The Morgan fingerprint density at radius 3 is 2.59 bits per heavy atom. The van der Waals surface area contributed by atoms with Gasteiger partial charge in [-0.15, -0.1) is 0 Å². The van der Waals surface area contributed by atoms with Crippen LogP contribution in [0.5, 0.6) is 0 Å². The highest BCUT2D eigenvalue weighted by Gasteiger charge is 2.55. The first-order valence-corrected chi connectivity index (χ1v) is 6.87. The monoisotopic (exact) mass is 238 g/mol. The van der Waals surface area contributed by atoms with Gasteiger partial charge in [0.1, 0.15) is 0 Å². The van der Waals surface area contributed by atoms with E-state index in [4.69, 9.17) is 0 Å². The van der Waals surface area contributed by atoms with E-state index < -0.39 is 5.60 Å². The minimum atomic E-state index is -0.648. The maximum absolute atomic E-state index is 10.7. The summed E-state index contributed by atoms with van der Waals surface area (Å²) in [6.45, 7) is 8.54. The summed E-state index contributed by atoms with van der Waals surface area (Å²) >= 11 is 0. The summed E-state index contributed by atoms with van der Waals surface area (Å²) in [6.07, 6.45) is 5.35. The van der Waals surface area contributed by atoms with Gasteiger partial charge in [0, 0.05) is 5.41 Å². The van der Waals surface area contributed by atoms with Crippen LogP contribution >= 0.6 is 0 Å². The molecule has 4 atom stereocenters. The molecule has 0 unspecified atom stereocenters. The number of hydrogen-bond acceptors (Lipinski definition) is 2. The zero-order valence-corrected chi connectivity index (χ0v) is 11.5. The number of aliphatic hydroxyl groups excluding tert-OH is 1. The van der Waals surface area contributed by atoms with E-state index in [-0.39, 0.29) is 17.4 Å². The molecule has 1 fully saturated rings. The molecule has 98 valence electrons. The SMILES string of the molecule is CC(C)C1=CC[C@H]2[C@H](O)CC[C@](C)(O)[C@]2(C)C1. The maximum Gasteiger partial charge on any atom is 0.0680 e. The van der Waals surface area contributed by atoms with Crippen molar-refractivity contribution < 1.29 is 10.2 Å². The van der Waals surface area contributed by atoms with Crippen molar-refractivity contribution >= 4 is 0 Å². The first-order valence-electron chi connectivity index (χ1n) is 6.87. The molecule has 0 aromatic rings. The summed E-state index contributed by atoms with van der Waals surface area (Å²) in [6, 6.07) is 0. The van der Waals surface area contributed by atoms with Crippen LogP contribution in [0.15, 0.2) is 11.6 Å². The molecule has 0 spiro atoms. The second-order valence-electron chi connectivity index (χ2n) is 6.75. The summed E-state index contributed by atoms with van der Waals surface area (Å²) in [5.74, 6) is 0.761. The van der Waals surface area contributed by atoms with E-state index in [1.165, 1.54) is 5.57 Å². The van der Waals surface area contributed by atoms with Gasteiger partial charge in [-0.3, -0.25) is 0 Å². The van der Waals surface area contributed by atoms with Gasteiger partial charge in [-0.1, -0.05) is 32.4 Å². The lowest BCUT2D eigenvalue weighted by molar-refractivity contribution is -0.164. The van der Waals surface area contributed by atoms with E-state index in [1.54, 1.807) is 0 Å². The second kappa shape index (κ2) is 4.10. The molecule has 2 rings (SSSR count). The average molecular weight is 238 g/mol. The first-order chi connectivity index (χ1) is 7.78. The number of fused-ring (bicyclic) bond motifs is 1. The van der Waals surface area contributed by atoms with Crippen molar-refractivity contribution in [3.8, 4) is 0 Å². The Labute approximate surface area is 105 Å². The predicted molar refractivity (Wildman–Crippen MR) is 69.6 cm³/mol. The molecule has 0 heterocycles. The van der Waals surface area contributed by atoms with Gasteiger partial charge in [0.2, 0.25) is 0 Å². The van der Waals surface area contributed by atoms with Crippen molar-refractivity contribution in [1.29, 1.82) is 0 Å². The summed E-state index contributed by atoms with van der Waals surface area (Å²) < 4.78 is 0. The minimum absolute atomic E-state index is 0.168.